The van der Waals surface area contributed by atoms with Gasteiger partial charge in [0.25, 0.3) is 0 Å². The van der Waals surface area contributed by atoms with Crippen molar-refractivity contribution in [3.8, 4) is 0 Å². The Bertz CT molecular complexity index is 360. The smallest absolute Gasteiger partial charge is 0.242 e. The van der Waals surface area contributed by atoms with Crippen LogP contribution in [0.15, 0.2) is 0 Å². The highest BCUT2D eigenvalue weighted by Crippen LogP contribution is 2.12. The van der Waals surface area contributed by atoms with Gasteiger partial charge in [-0.15, -0.1) is 0 Å². The first kappa shape index (κ1) is 17.9. The molecule has 0 saturated carbocycles. The number of hydrogen-bond donors (Lipinski definition) is 2. The fraction of sp³-hybridized carbons (Fsp3) is 0.867. The topological polar surface area (TPSA) is 78.7 Å². The van der Waals surface area contributed by atoms with Crippen molar-refractivity contribution in [2.75, 3.05) is 33.2 Å². The number of nitrogens with zero attached hydrogens (tertiary/aromatic N) is 2. The fourth-order valence-electron chi connectivity index (χ4n) is 2.61. The van der Waals surface area contributed by atoms with Gasteiger partial charge in [-0.2, -0.15) is 0 Å². The third kappa shape index (κ3) is 5.28. The van der Waals surface area contributed by atoms with E-state index in [-0.39, 0.29) is 30.3 Å². The first-order valence-corrected chi connectivity index (χ1v) is 7.88. The molecule has 1 heterocycles. The number of carbonyl (C=O) groups excluding carboxylic acids is 2. The van der Waals surface area contributed by atoms with Gasteiger partial charge in [0, 0.05) is 19.1 Å². The molecule has 0 spiro atoms. The van der Waals surface area contributed by atoms with Crippen LogP contribution in [0.5, 0.6) is 0 Å². The minimum atomic E-state index is -0.560. The van der Waals surface area contributed by atoms with Gasteiger partial charge >= 0.3 is 0 Å². The first-order chi connectivity index (χ1) is 9.86. The monoisotopic (exact) mass is 298 g/mol. The maximum Gasteiger partial charge on any atom is 0.242 e. The summed E-state index contributed by atoms with van der Waals surface area (Å²) in [6.07, 6.45) is 1.90. The van der Waals surface area contributed by atoms with Crippen molar-refractivity contribution in [1.29, 1.82) is 0 Å². The van der Waals surface area contributed by atoms with E-state index < -0.39 is 6.04 Å². The Morgan fingerprint density at radius 2 is 2.00 bits per heavy atom. The van der Waals surface area contributed by atoms with Crippen molar-refractivity contribution in [3.63, 3.8) is 0 Å². The molecular weight excluding hydrogens is 268 g/mol. The summed E-state index contributed by atoms with van der Waals surface area (Å²) in [4.78, 5) is 28.4. The molecule has 1 unspecified atom stereocenters. The molecule has 0 aliphatic carbocycles. The van der Waals surface area contributed by atoms with E-state index >= 15 is 0 Å². The molecular formula is C15H30N4O2. The fourth-order valence-corrected chi connectivity index (χ4v) is 2.61. The Hall–Kier alpha value is -1.14. The van der Waals surface area contributed by atoms with E-state index in [1.54, 1.807) is 0 Å². The number of amides is 2. The predicted octanol–water partition coefficient (Wildman–Crippen LogP) is 0.0286. The molecule has 21 heavy (non-hydrogen) atoms. The van der Waals surface area contributed by atoms with E-state index in [2.05, 4.69) is 24.2 Å². The van der Waals surface area contributed by atoms with Gasteiger partial charge in [-0.25, -0.2) is 0 Å². The zero-order valence-corrected chi connectivity index (χ0v) is 13.8. The van der Waals surface area contributed by atoms with Crippen molar-refractivity contribution >= 4 is 11.8 Å². The molecule has 2 atom stereocenters. The second kappa shape index (κ2) is 8.34. The zero-order valence-electron chi connectivity index (χ0n) is 13.8. The molecule has 0 bridgehead atoms. The van der Waals surface area contributed by atoms with Crippen LogP contribution in [0.4, 0.5) is 0 Å². The summed E-state index contributed by atoms with van der Waals surface area (Å²) in [6.45, 7) is 8.57. The van der Waals surface area contributed by atoms with Crippen LogP contribution in [0.3, 0.4) is 0 Å². The number of nitrogens with one attached hydrogen (secondary N) is 1. The molecule has 122 valence electrons. The molecule has 0 aromatic rings. The van der Waals surface area contributed by atoms with Gasteiger partial charge in [0.15, 0.2) is 0 Å². The van der Waals surface area contributed by atoms with Crippen LogP contribution in [0.2, 0.25) is 0 Å². The minimum absolute atomic E-state index is 0.0125. The molecule has 1 fully saturated rings. The maximum atomic E-state index is 12.4. The molecule has 2 amide bonds. The van der Waals surface area contributed by atoms with E-state index in [9.17, 15) is 9.59 Å². The molecule has 1 aliphatic heterocycles. The van der Waals surface area contributed by atoms with Gasteiger partial charge < -0.3 is 20.9 Å². The molecule has 3 N–H and O–H groups in total. The lowest BCUT2D eigenvalue weighted by Crippen LogP contribution is -2.50. The van der Waals surface area contributed by atoms with Crippen molar-refractivity contribution in [2.45, 2.75) is 45.7 Å². The highest BCUT2D eigenvalue weighted by atomic mass is 16.2. The summed E-state index contributed by atoms with van der Waals surface area (Å²) >= 11 is 0. The first-order valence-electron chi connectivity index (χ1n) is 7.88. The quantitative estimate of drug-likeness (QED) is 0.750. The average molecular weight is 298 g/mol. The molecule has 0 radical (unpaired) electrons. The lowest BCUT2D eigenvalue weighted by Gasteiger charge is -2.30. The standard InChI is InChI=1S/C15H30N4O2/c1-5-12-10-18(4)7-6-8-19(12)13(20)9-17-15(21)14(16)11(2)3/h11-12,14H,5-10,16H2,1-4H3,(H,17,21)/t12?,14-/m0/s1. The van der Waals surface area contributed by atoms with Crippen LogP contribution < -0.4 is 11.1 Å². The lowest BCUT2D eigenvalue weighted by atomic mass is 10.1. The molecule has 6 heteroatoms. The number of carbonyl (C=O) groups is 2. The van der Waals surface area contributed by atoms with Crippen molar-refractivity contribution in [2.24, 2.45) is 11.7 Å². The maximum absolute atomic E-state index is 12.4. The molecule has 1 aliphatic rings. The molecule has 1 rings (SSSR count). The molecule has 0 aromatic heterocycles. The SMILES string of the molecule is CCC1CN(C)CCCN1C(=O)CNC(=O)[C@@H](N)C(C)C. The van der Waals surface area contributed by atoms with Crippen LogP contribution in [-0.4, -0.2) is 66.9 Å². The number of nitrogens with two attached hydrogens (primary N) is 1. The second-order valence-electron chi connectivity index (χ2n) is 6.25. The third-order valence-corrected chi connectivity index (χ3v) is 4.13. The number of rotatable bonds is 5. The third-order valence-electron chi connectivity index (χ3n) is 4.13. The second-order valence-corrected chi connectivity index (χ2v) is 6.25. The summed E-state index contributed by atoms with van der Waals surface area (Å²) < 4.78 is 0. The van der Waals surface area contributed by atoms with E-state index in [0.717, 1.165) is 32.5 Å². The summed E-state index contributed by atoms with van der Waals surface area (Å²) in [5.74, 6) is -0.199. The Balaban J connectivity index is 2.55. The largest absolute Gasteiger partial charge is 0.346 e. The Kier molecular flexibility index (Phi) is 7.11. The van der Waals surface area contributed by atoms with E-state index in [4.69, 9.17) is 5.73 Å². The predicted molar refractivity (Wildman–Crippen MR) is 83.7 cm³/mol. The molecule has 0 aromatic carbocycles. The summed E-state index contributed by atoms with van der Waals surface area (Å²) in [6, 6.07) is -0.337. The average Bonchev–Trinajstić information content (AvgIpc) is 2.64. The summed E-state index contributed by atoms with van der Waals surface area (Å²) in [7, 11) is 2.08. The van der Waals surface area contributed by atoms with E-state index in [1.807, 2.05) is 18.7 Å². The van der Waals surface area contributed by atoms with Crippen LogP contribution in [0.25, 0.3) is 0 Å². The van der Waals surface area contributed by atoms with E-state index in [0.29, 0.717) is 0 Å². The van der Waals surface area contributed by atoms with Gasteiger partial charge in [-0.3, -0.25) is 9.59 Å². The summed E-state index contributed by atoms with van der Waals surface area (Å²) in [5.41, 5.74) is 5.78. The van der Waals surface area contributed by atoms with Crippen LogP contribution in [-0.2, 0) is 9.59 Å². The Labute approximate surface area is 128 Å². The van der Waals surface area contributed by atoms with Crippen LogP contribution >= 0.6 is 0 Å². The van der Waals surface area contributed by atoms with Gasteiger partial charge in [0.05, 0.1) is 12.6 Å². The number of likely N-dealkylation sites (N-methyl/N-ethyl adjacent to an activating group) is 1. The van der Waals surface area contributed by atoms with Gasteiger partial charge in [0.1, 0.15) is 0 Å². The highest BCUT2D eigenvalue weighted by Gasteiger charge is 2.26. The van der Waals surface area contributed by atoms with Gasteiger partial charge in [-0.05, 0) is 32.4 Å². The van der Waals surface area contributed by atoms with Crippen molar-refractivity contribution in [1.82, 2.24) is 15.1 Å². The van der Waals surface area contributed by atoms with Gasteiger partial charge in [-0.1, -0.05) is 20.8 Å². The minimum Gasteiger partial charge on any atom is -0.346 e. The normalized spacial score (nSPS) is 22.0. The summed E-state index contributed by atoms with van der Waals surface area (Å²) in [5, 5.41) is 2.67. The zero-order chi connectivity index (χ0) is 16.0. The van der Waals surface area contributed by atoms with Crippen LogP contribution in [0, 0.1) is 5.92 Å². The van der Waals surface area contributed by atoms with Crippen molar-refractivity contribution < 1.29 is 9.59 Å². The Morgan fingerprint density at radius 3 is 2.57 bits per heavy atom. The molecule has 1 saturated heterocycles. The van der Waals surface area contributed by atoms with Crippen LogP contribution in [0.1, 0.15) is 33.6 Å². The van der Waals surface area contributed by atoms with Crippen molar-refractivity contribution in [3.05, 3.63) is 0 Å². The number of hydrogen-bond acceptors (Lipinski definition) is 4. The Morgan fingerprint density at radius 1 is 1.33 bits per heavy atom. The van der Waals surface area contributed by atoms with Gasteiger partial charge in [0.2, 0.25) is 11.8 Å². The molecule has 6 nitrogen and oxygen atoms in total. The van der Waals surface area contributed by atoms with E-state index in [1.165, 1.54) is 0 Å². The highest BCUT2D eigenvalue weighted by molar-refractivity contribution is 5.87. The lowest BCUT2D eigenvalue weighted by molar-refractivity contribution is -0.135.